The summed E-state index contributed by atoms with van der Waals surface area (Å²) in [6, 6.07) is 13.3. The molecule has 2 aromatic heterocycles. The second kappa shape index (κ2) is 10.2. The van der Waals surface area contributed by atoms with Crippen LogP contribution in [-0.4, -0.2) is 40.0 Å². The summed E-state index contributed by atoms with van der Waals surface area (Å²) in [6.45, 7) is 5.09. The van der Waals surface area contributed by atoms with Crippen LogP contribution >= 0.6 is 0 Å². The van der Waals surface area contributed by atoms with Gasteiger partial charge in [-0.25, -0.2) is 13.8 Å². The summed E-state index contributed by atoms with van der Waals surface area (Å²) in [5.41, 5.74) is 2.05. The first kappa shape index (κ1) is 23.8. The fourth-order valence-electron chi connectivity index (χ4n) is 3.40. The van der Waals surface area contributed by atoms with Gasteiger partial charge in [-0.1, -0.05) is 18.2 Å². The molecule has 0 fully saturated rings. The van der Waals surface area contributed by atoms with E-state index in [2.05, 4.69) is 16.0 Å². The highest BCUT2D eigenvalue weighted by Crippen LogP contribution is 2.27. The van der Waals surface area contributed by atoms with Gasteiger partial charge in [-0.15, -0.1) is 0 Å². The number of ether oxygens (including phenoxy) is 1. The van der Waals surface area contributed by atoms with E-state index < -0.39 is 5.92 Å². The van der Waals surface area contributed by atoms with Crippen LogP contribution in [0, 0.1) is 11.3 Å². The second-order valence-corrected chi connectivity index (χ2v) is 7.64. The average Bonchev–Trinajstić information content (AvgIpc) is 2.83. The first-order valence-corrected chi connectivity index (χ1v) is 10.5. The molecule has 2 heterocycles. The number of aromatic nitrogens is 2. The number of carbonyl (C=O) groups excluding carboxylic acids is 1. The SMILES string of the molecule is CCN(C(=O)c1ccccc1-c1cncc(C#N)c1)[C@@H](C)COc1ccc(C(C)(F)F)cn1. The zero-order chi connectivity index (χ0) is 24.0. The Balaban J connectivity index is 1.77. The van der Waals surface area contributed by atoms with Crippen molar-refractivity contribution in [1.29, 1.82) is 5.26 Å². The van der Waals surface area contributed by atoms with Crippen LogP contribution in [-0.2, 0) is 5.92 Å². The summed E-state index contributed by atoms with van der Waals surface area (Å²) in [5, 5.41) is 9.17. The Morgan fingerprint density at radius 3 is 2.61 bits per heavy atom. The van der Waals surface area contributed by atoms with Gasteiger partial charge in [-0.05, 0) is 37.6 Å². The van der Waals surface area contributed by atoms with E-state index in [1.165, 1.54) is 18.3 Å². The standard InChI is InChI=1S/C25H24F2N4O2/c1-4-31(17(2)16-33-23-10-9-20(15-30-23)25(3,26)27)24(32)22-8-6-5-7-21(22)19-11-18(12-28)13-29-14-19/h5-11,13-15,17H,4,16H2,1-3H3/t17-/m0/s1. The number of benzene rings is 1. The first-order chi connectivity index (χ1) is 15.7. The van der Waals surface area contributed by atoms with Gasteiger partial charge < -0.3 is 9.64 Å². The molecule has 1 aromatic carbocycles. The Labute approximate surface area is 191 Å². The fraction of sp³-hybridized carbons (Fsp3) is 0.280. The summed E-state index contributed by atoms with van der Waals surface area (Å²) in [6.07, 6.45) is 4.17. The van der Waals surface area contributed by atoms with Crippen molar-refractivity contribution >= 4 is 5.91 Å². The predicted octanol–water partition coefficient (Wildman–Crippen LogP) is 5.06. The van der Waals surface area contributed by atoms with Crippen molar-refractivity contribution in [2.45, 2.75) is 32.7 Å². The summed E-state index contributed by atoms with van der Waals surface area (Å²) >= 11 is 0. The zero-order valence-electron chi connectivity index (χ0n) is 18.6. The number of nitriles is 1. The molecular formula is C25H24F2N4O2. The van der Waals surface area contributed by atoms with Crippen LogP contribution in [0.15, 0.2) is 61.1 Å². The molecule has 170 valence electrons. The van der Waals surface area contributed by atoms with E-state index in [9.17, 15) is 18.8 Å². The van der Waals surface area contributed by atoms with Gasteiger partial charge in [0.15, 0.2) is 0 Å². The van der Waals surface area contributed by atoms with Gasteiger partial charge in [0.2, 0.25) is 5.88 Å². The lowest BCUT2D eigenvalue weighted by atomic mass is 9.99. The predicted molar refractivity (Wildman–Crippen MR) is 120 cm³/mol. The van der Waals surface area contributed by atoms with Crippen LogP contribution in [0.5, 0.6) is 5.88 Å². The maximum absolute atomic E-state index is 13.4. The molecule has 0 aliphatic heterocycles. The number of amides is 1. The molecule has 8 heteroatoms. The Morgan fingerprint density at radius 2 is 1.97 bits per heavy atom. The van der Waals surface area contributed by atoms with Gasteiger partial charge in [-0.3, -0.25) is 9.78 Å². The molecule has 0 unspecified atom stereocenters. The summed E-state index contributed by atoms with van der Waals surface area (Å²) < 4.78 is 32.4. The number of hydrogen-bond acceptors (Lipinski definition) is 5. The largest absolute Gasteiger partial charge is 0.475 e. The second-order valence-electron chi connectivity index (χ2n) is 7.64. The minimum absolute atomic E-state index is 0.141. The Bertz CT molecular complexity index is 1150. The highest BCUT2D eigenvalue weighted by atomic mass is 19.3. The third kappa shape index (κ3) is 5.69. The van der Waals surface area contributed by atoms with Gasteiger partial charge >= 0.3 is 0 Å². The fourth-order valence-corrected chi connectivity index (χ4v) is 3.40. The minimum atomic E-state index is -2.97. The van der Waals surface area contributed by atoms with Crippen molar-refractivity contribution in [3.05, 3.63) is 77.7 Å². The maximum atomic E-state index is 13.4. The van der Waals surface area contributed by atoms with Crippen LogP contribution in [0.2, 0.25) is 0 Å². The van der Waals surface area contributed by atoms with Crippen LogP contribution in [0.25, 0.3) is 11.1 Å². The monoisotopic (exact) mass is 450 g/mol. The smallest absolute Gasteiger partial charge is 0.272 e. The van der Waals surface area contributed by atoms with Crippen molar-refractivity contribution < 1.29 is 18.3 Å². The molecule has 0 N–H and O–H groups in total. The lowest BCUT2D eigenvalue weighted by Gasteiger charge is -2.28. The van der Waals surface area contributed by atoms with E-state index in [0.717, 1.165) is 13.1 Å². The van der Waals surface area contributed by atoms with Crippen molar-refractivity contribution in [3.63, 3.8) is 0 Å². The third-order valence-corrected chi connectivity index (χ3v) is 5.19. The van der Waals surface area contributed by atoms with Gasteiger partial charge in [0.1, 0.15) is 12.7 Å². The topological polar surface area (TPSA) is 79.1 Å². The van der Waals surface area contributed by atoms with Gasteiger partial charge in [0.25, 0.3) is 11.8 Å². The van der Waals surface area contributed by atoms with E-state index in [1.807, 2.05) is 26.0 Å². The lowest BCUT2D eigenvalue weighted by Crippen LogP contribution is -2.42. The molecule has 6 nitrogen and oxygen atoms in total. The van der Waals surface area contributed by atoms with Crippen molar-refractivity contribution in [1.82, 2.24) is 14.9 Å². The molecule has 33 heavy (non-hydrogen) atoms. The van der Waals surface area contributed by atoms with Crippen molar-refractivity contribution in [3.8, 4) is 23.1 Å². The average molecular weight is 450 g/mol. The summed E-state index contributed by atoms with van der Waals surface area (Å²) in [7, 11) is 0. The molecule has 0 aliphatic rings. The van der Waals surface area contributed by atoms with E-state index >= 15 is 0 Å². The highest BCUT2D eigenvalue weighted by molar-refractivity contribution is 6.01. The first-order valence-electron chi connectivity index (χ1n) is 10.5. The lowest BCUT2D eigenvalue weighted by molar-refractivity contribution is 0.0169. The molecule has 0 radical (unpaired) electrons. The third-order valence-electron chi connectivity index (χ3n) is 5.19. The summed E-state index contributed by atoms with van der Waals surface area (Å²) in [4.78, 5) is 23.1. The van der Waals surface area contributed by atoms with Crippen molar-refractivity contribution in [2.75, 3.05) is 13.2 Å². The molecule has 1 amide bonds. The van der Waals surface area contributed by atoms with E-state index in [0.29, 0.717) is 28.8 Å². The molecule has 1 atom stereocenters. The number of pyridine rings is 2. The normalized spacial score (nSPS) is 12.0. The van der Waals surface area contributed by atoms with Crippen LogP contribution in [0.3, 0.4) is 0 Å². The molecule has 3 rings (SSSR count). The summed E-state index contributed by atoms with van der Waals surface area (Å²) in [5.74, 6) is -2.96. The van der Waals surface area contributed by atoms with E-state index in [4.69, 9.17) is 4.74 Å². The number of alkyl halides is 2. The maximum Gasteiger partial charge on any atom is 0.272 e. The van der Waals surface area contributed by atoms with Crippen LogP contribution in [0.1, 0.15) is 42.3 Å². The number of halogens is 2. The number of likely N-dealkylation sites (N-methyl/N-ethyl adjacent to an activating group) is 1. The molecule has 0 aliphatic carbocycles. The van der Waals surface area contributed by atoms with Crippen molar-refractivity contribution in [2.24, 2.45) is 0 Å². The van der Waals surface area contributed by atoms with Gasteiger partial charge in [0.05, 0.1) is 11.6 Å². The molecule has 0 saturated heterocycles. The minimum Gasteiger partial charge on any atom is -0.475 e. The van der Waals surface area contributed by atoms with Gasteiger partial charge in [-0.2, -0.15) is 5.26 Å². The molecular weight excluding hydrogens is 426 g/mol. The molecule has 0 spiro atoms. The number of nitrogens with zero attached hydrogens (tertiary/aromatic N) is 4. The highest BCUT2D eigenvalue weighted by Gasteiger charge is 2.25. The van der Waals surface area contributed by atoms with E-state index in [1.54, 1.807) is 29.3 Å². The Kier molecular flexibility index (Phi) is 7.34. The Hall–Kier alpha value is -3.86. The number of hydrogen-bond donors (Lipinski definition) is 0. The molecule has 0 saturated carbocycles. The van der Waals surface area contributed by atoms with E-state index in [-0.39, 0.29) is 30.0 Å². The van der Waals surface area contributed by atoms with Gasteiger partial charge in [0, 0.05) is 54.8 Å². The van der Waals surface area contributed by atoms with Crippen LogP contribution < -0.4 is 4.74 Å². The zero-order valence-corrected chi connectivity index (χ0v) is 18.6. The number of carbonyl (C=O) groups is 1. The molecule has 3 aromatic rings. The number of rotatable bonds is 8. The quantitative estimate of drug-likeness (QED) is 0.480. The van der Waals surface area contributed by atoms with Crippen LogP contribution in [0.4, 0.5) is 8.78 Å². The Morgan fingerprint density at radius 1 is 1.21 bits per heavy atom. The molecule has 0 bridgehead atoms.